The topological polar surface area (TPSA) is 62.8 Å². The number of nitrogens with zero attached hydrogens (tertiary/aromatic N) is 1. The first-order valence-corrected chi connectivity index (χ1v) is 6.01. The van der Waals surface area contributed by atoms with Gasteiger partial charge in [0.15, 0.2) is 0 Å². The lowest BCUT2D eigenvalue weighted by atomic mass is 10.2. The summed E-state index contributed by atoms with van der Waals surface area (Å²) in [7, 11) is 0. The summed E-state index contributed by atoms with van der Waals surface area (Å²) in [5, 5.41) is 7.28. The molecule has 15 heavy (non-hydrogen) atoms. The number of hydrogen-bond donors (Lipinski definition) is 2. The van der Waals surface area contributed by atoms with E-state index >= 15 is 0 Å². The molecule has 3 nitrogen and oxygen atoms in total. The lowest BCUT2D eigenvalue weighted by Gasteiger charge is -2.05. The van der Waals surface area contributed by atoms with Crippen LogP contribution in [0.1, 0.15) is 26.0 Å². The standard InChI is InChI=1S/C11H17N3S/c1-8(2)4-6-15-9-3-5-14-10(7-9)11(12)13/h3,5,7-8H,4,6H2,1-2H3,(H3,12,13). The van der Waals surface area contributed by atoms with Gasteiger partial charge in [0.1, 0.15) is 11.5 Å². The molecular weight excluding hydrogens is 206 g/mol. The Morgan fingerprint density at radius 2 is 2.33 bits per heavy atom. The van der Waals surface area contributed by atoms with E-state index in [4.69, 9.17) is 11.1 Å². The zero-order valence-corrected chi connectivity index (χ0v) is 9.97. The van der Waals surface area contributed by atoms with Crippen LogP contribution in [0, 0.1) is 11.3 Å². The van der Waals surface area contributed by atoms with Gasteiger partial charge in [-0.25, -0.2) is 0 Å². The lowest BCUT2D eigenvalue weighted by Crippen LogP contribution is -2.12. The fourth-order valence-electron chi connectivity index (χ4n) is 1.06. The van der Waals surface area contributed by atoms with E-state index in [0.717, 1.165) is 16.6 Å². The van der Waals surface area contributed by atoms with E-state index in [1.165, 1.54) is 6.42 Å². The molecule has 0 aliphatic carbocycles. The molecule has 82 valence electrons. The number of aromatic nitrogens is 1. The van der Waals surface area contributed by atoms with Gasteiger partial charge in [0, 0.05) is 11.1 Å². The average molecular weight is 223 g/mol. The maximum absolute atomic E-state index is 7.28. The van der Waals surface area contributed by atoms with Crippen LogP contribution in [0.3, 0.4) is 0 Å². The zero-order valence-electron chi connectivity index (χ0n) is 9.16. The Morgan fingerprint density at radius 3 is 2.93 bits per heavy atom. The average Bonchev–Trinajstić information content (AvgIpc) is 2.17. The molecule has 4 heteroatoms. The second-order valence-electron chi connectivity index (χ2n) is 3.82. The fourth-order valence-corrected chi connectivity index (χ4v) is 2.24. The van der Waals surface area contributed by atoms with Crippen LogP contribution < -0.4 is 5.73 Å². The van der Waals surface area contributed by atoms with Crippen molar-refractivity contribution in [1.29, 1.82) is 5.41 Å². The van der Waals surface area contributed by atoms with E-state index in [0.29, 0.717) is 5.69 Å². The Balaban J connectivity index is 2.54. The van der Waals surface area contributed by atoms with Gasteiger partial charge in [-0.2, -0.15) is 0 Å². The van der Waals surface area contributed by atoms with Gasteiger partial charge in [-0.3, -0.25) is 10.4 Å². The van der Waals surface area contributed by atoms with Crippen molar-refractivity contribution >= 4 is 17.6 Å². The summed E-state index contributed by atoms with van der Waals surface area (Å²) in [5.74, 6) is 1.85. The van der Waals surface area contributed by atoms with Gasteiger partial charge in [-0.05, 0) is 30.2 Å². The smallest absolute Gasteiger partial charge is 0.141 e. The van der Waals surface area contributed by atoms with Gasteiger partial charge >= 0.3 is 0 Å². The number of thioether (sulfide) groups is 1. The van der Waals surface area contributed by atoms with Crippen molar-refractivity contribution in [2.24, 2.45) is 11.7 Å². The minimum Gasteiger partial charge on any atom is -0.382 e. The summed E-state index contributed by atoms with van der Waals surface area (Å²) in [5.41, 5.74) is 5.93. The van der Waals surface area contributed by atoms with E-state index in [1.54, 1.807) is 18.0 Å². The highest BCUT2D eigenvalue weighted by molar-refractivity contribution is 7.99. The number of hydrogen-bond acceptors (Lipinski definition) is 3. The monoisotopic (exact) mass is 223 g/mol. The molecule has 1 rings (SSSR count). The first kappa shape index (κ1) is 12.0. The predicted molar refractivity (Wildman–Crippen MR) is 65.4 cm³/mol. The third-order valence-corrected chi connectivity index (χ3v) is 3.00. The minimum atomic E-state index is 0.0290. The Hall–Kier alpha value is -1.03. The van der Waals surface area contributed by atoms with Crippen LogP contribution in [0.15, 0.2) is 23.2 Å². The van der Waals surface area contributed by atoms with Crippen LogP contribution in [0.4, 0.5) is 0 Å². The van der Waals surface area contributed by atoms with Gasteiger partial charge < -0.3 is 5.73 Å². The molecule has 0 spiro atoms. The predicted octanol–water partition coefficient (Wildman–Crippen LogP) is 2.50. The van der Waals surface area contributed by atoms with Gasteiger partial charge in [-0.1, -0.05) is 13.8 Å². The Labute approximate surface area is 95.0 Å². The second-order valence-corrected chi connectivity index (χ2v) is 4.99. The van der Waals surface area contributed by atoms with Crippen LogP contribution in [0.25, 0.3) is 0 Å². The number of nitrogens with one attached hydrogen (secondary N) is 1. The second kappa shape index (κ2) is 5.75. The van der Waals surface area contributed by atoms with E-state index in [1.807, 2.05) is 12.1 Å². The first-order valence-electron chi connectivity index (χ1n) is 5.03. The SMILES string of the molecule is CC(C)CCSc1ccnc(C(=N)N)c1. The number of rotatable bonds is 5. The summed E-state index contributed by atoms with van der Waals surface area (Å²) in [6, 6.07) is 3.82. The van der Waals surface area contributed by atoms with Crippen LogP contribution in [0.5, 0.6) is 0 Å². The highest BCUT2D eigenvalue weighted by Gasteiger charge is 2.01. The Kier molecular flexibility index (Phi) is 4.62. The largest absolute Gasteiger partial charge is 0.382 e. The molecule has 0 saturated carbocycles. The summed E-state index contributed by atoms with van der Waals surface area (Å²) >= 11 is 1.79. The number of pyridine rings is 1. The summed E-state index contributed by atoms with van der Waals surface area (Å²) < 4.78 is 0. The van der Waals surface area contributed by atoms with Crippen LogP contribution in [-0.4, -0.2) is 16.6 Å². The zero-order chi connectivity index (χ0) is 11.3. The van der Waals surface area contributed by atoms with E-state index in [9.17, 15) is 0 Å². The summed E-state index contributed by atoms with van der Waals surface area (Å²) in [4.78, 5) is 5.15. The fraction of sp³-hybridized carbons (Fsp3) is 0.455. The molecule has 1 aromatic heterocycles. The first-order chi connectivity index (χ1) is 7.09. The molecule has 0 fully saturated rings. The quantitative estimate of drug-likeness (QED) is 0.458. The molecule has 1 aromatic rings. The van der Waals surface area contributed by atoms with Crippen molar-refractivity contribution in [3.8, 4) is 0 Å². The third-order valence-electron chi connectivity index (χ3n) is 1.97. The molecular formula is C11H17N3S. The molecule has 1 heterocycles. The molecule has 0 bridgehead atoms. The van der Waals surface area contributed by atoms with E-state index in [-0.39, 0.29) is 5.84 Å². The molecule has 0 radical (unpaired) electrons. The molecule has 0 aliphatic heterocycles. The normalized spacial score (nSPS) is 10.6. The highest BCUT2D eigenvalue weighted by Crippen LogP contribution is 2.20. The molecule has 0 saturated heterocycles. The van der Waals surface area contributed by atoms with Crippen LogP contribution in [-0.2, 0) is 0 Å². The van der Waals surface area contributed by atoms with Crippen molar-refractivity contribution in [2.45, 2.75) is 25.2 Å². The van der Waals surface area contributed by atoms with E-state index < -0.39 is 0 Å². The maximum atomic E-state index is 7.28. The van der Waals surface area contributed by atoms with Gasteiger partial charge in [0.2, 0.25) is 0 Å². The van der Waals surface area contributed by atoms with Crippen molar-refractivity contribution in [1.82, 2.24) is 4.98 Å². The Morgan fingerprint density at radius 1 is 1.60 bits per heavy atom. The minimum absolute atomic E-state index is 0.0290. The van der Waals surface area contributed by atoms with Gasteiger partial charge in [0.05, 0.1) is 0 Å². The van der Waals surface area contributed by atoms with Crippen LogP contribution >= 0.6 is 11.8 Å². The van der Waals surface area contributed by atoms with Gasteiger partial charge in [-0.15, -0.1) is 11.8 Å². The van der Waals surface area contributed by atoms with Crippen molar-refractivity contribution in [3.63, 3.8) is 0 Å². The molecule has 0 unspecified atom stereocenters. The maximum Gasteiger partial charge on any atom is 0.141 e. The van der Waals surface area contributed by atoms with Crippen molar-refractivity contribution < 1.29 is 0 Å². The number of nitrogen functional groups attached to an aromatic ring is 1. The number of nitrogens with two attached hydrogens (primary N) is 1. The van der Waals surface area contributed by atoms with Crippen molar-refractivity contribution in [2.75, 3.05) is 5.75 Å². The van der Waals surface area contributed by atoms with Crippen molar-refractivity contribution in [3.05, 3.63) is 24.0 Å². The molecule has 0 aromatic carbocycles. The lowest BCUT2D eigenvalue weighted by molar-refractivity contribution is 0.632. The van der Waals surface area contributed by atoms with Crippen LogP contribution in [0.2, 0.25) is 0 Å². The number of amidine groups is 1. The third kappa shape index (κ3) is 4.34. The highest BCUT2D eigenvalue weighted by atomic mass is 32.2. The molecule has 0 amide bonds. The summed E-state index contributed by atoms with van der Waals surface area (Å²) in [6.07, 6.45) is 2.90. The summed E-state index contributed by atoms with van der Waals surface area (Å²) in [6.45, 7) is 4.43. The molecule has 0 atom stereocenters. The Bertz CT molecular complexity index is 336. The van der Waals surface area contributed by atoms with E-state index in [2.05, 4.69) is 18.8 Å². The molecule has 3 N–H and O–H groups in total. The van der Waals surface area contributed by atoms with Gasteiger partial charge in [0.25, 0.3) is 0 Å². The molecule has 0 aliphatic rings.